The molecule has 2 aromatic carbocycles. The summed E-state index contributed by atoms with van der Waals surface area (Å²) in [7, 11) is -3.18. The topological polar surface area (TPSA) is 196 Å². The van der Waals surface area contributed by atoms with Gasteiger partial charge in [0, 0.05) is 39.0 Å². The van der Waals surface area contributed by atoms with Crippen LogP contribution in [0.25, 0.3) is 10.8 Å². The van der Waals surface area contributed by atoms with Crippen LogP contribution in [0.1, 0.15) is 128 Å². The zero-order valence-electron chi connectivity index (χ0n) is 40.6. The van der Waals surface area contributed by atoms with Crippen molar-refractivity contribution in [3.05, 3.63) is 77.7 Å². The molecule has 1 unspecified atom stereocenters. The predicted octanol–water partition coefficient (Wildman–Crippen LogP) is 11.2. The molecule has 3 heterocycles. The number of rotatable bonds is 5. The van der Waals surface area contributed by atoms with Crippen molar-refractivity contribution in [1.82, 2.24) is 9.97 Å². The number of anilines is 4. The number of hydrogen-bond acceptors (Lipinski definition) is 13. The summed E-state index contributed by atoms with van der Waals surface area (Å²) in [6.07, 6.45) is -0.763. The largest absolute Gasteiger partial charge is 0.443 e. The predicted molar refractivity (Wildman–Crippen MR) is 254 cm³/mol. The summed E-state index contributed by atoms with van der Waals surface area (Å²) in [6, 6.07) is 13.1. The molecule has 0 saturated heterocycles. The van der Waals surface area contributed by atoms with E-state index in [1.54, 1.807) is 160 Å². The molecule has 1 aliphatic heterocycles. The molecule has 0 bridgehead atoms. The zero-order valence-corrected chi connectivity index (χ0v) is 41.4. The second-order valence-corrected chi connectivity index (χ2v) is 23.2. The van der Waals surface area contributed by atoms with E-state index in [4.69, 9.17) is 18.9 Å². The standard InChI is InChI=1S/C49H60N6O10S/c1-29(2)66(61,53-41(57)62-45(3,4)5)33-20-18-32(19-21-33)52-39-26-34-31(28-51-39)23-24-50-36(34)22-17-30-25-38-35(49(15,16)40(56)54(38)42(58)63-46(6,7)8)27-37(30)55(43(59)64-47(9,10)11)44(60)65-48(12,13)14/h18-21,23-29H,1-16H3,(H,51,52). The third-order valence-electron chi connectivity index (χ3n) is 9.41. The Kier molecular flexibility index (Phi) is 13.8. The third kappa shape index (κ3) is 11.8. The molecule has 4 aromatic rings. The second-order valence-electron chi connectivity index (χ2n) is 20.5. The Morgan fingerprint density at radius 1 is 0.773 bits per heavy atom. The van der Waals surface area contributed by atoms with E-state index in [0.29, 0.717) is 32.7 Å². The number of nitrogens with zero attached hydrogens (tertiary/aromatic N) is 5. The third-order valence-corrected chi connectivity index (χ3v) is 12.1. The van der Waals surface area contributed by atoms with Gasteiger partial charge in [-0.05, 0) is 171 Å². The van der Waals surface area contributed by atoms with Crippen molar-refractivity contribution in [2.45, 2.75) is 149 Å². The second kappa shape index (κ2) is 18.0. The lowest BCUT2D eigenvalue weighted by atomic mass is 9.85. The van der Waals surface area contributed by atoms with Gasteiger partial charge in [0.2, 0.25) is 5.91 Å². The summed E-state index contributed by atoms with van der Waals surface area (Å²) >= 11 is 0. The van der Waals surface area contributed by atoms with Crippen LogP contribution in [-0.2, 0) is 38.9 Å². The molecule has 0 fully saturated rings. The van der Waals surface area contributed by atoms with Gasteiger partial charge in [0.1, 0.15) is 33.9 Å². The van der Waals surface area contributed by atoms with Crippen molar-refractivity contribution in [3.8, 4) is 11.8 Å². The molecule has 5 amide bonds. The summed E-state index contributed by atoms with van der Waals surface area (Å²) in [5, 5.41) is 3.99. The van der Waals surface area contributed by atoms with Gasteiger partial charge >= 0.3 is 24.4 Å². The zero-order chi connectivity index (χ0) is 49.5. The van der Waals surface area contributed by atoms with Crippen molar-refractivity contribution in [2.75, 3.05) is 15.1 Å². The number of hydrogen-bond donors (Lipinski definition) is 1. The number of nitrogens with one attached hydrogen (secondary N) is 1. The highest BCUT2D eigenvalue weighted by Gasteiger charge is 2.49. The molecule has 352 valence electrons. The molecule has 16 nitrogen and oxygen atoms in total. The first-order chi connectivity index (χ1) is 30.2. The molecule has 1 aliphatic rings. The Morgan fingerprint density at radius 2 is 1.33 bits per heavy atom. The fourth-order valence-corrected chi connectivity index (χ4v) is 8.13. The summed E-state index contributed by atoms with van der Waals surface area (Å²) in [4.78, 5) is 79.6. The first-order valence-corrected chi connectivity index (χ1v) is 22.9. The molecule has 0 saturated carbocycles. The van der Waals surface area contributed by atoms with Gasteiger partial charge in [-0.15, -0.1) is 4.36 Å². The van der Waals surface area contributed by atoms with Crippen molar-refractivity contribution in [3.63, 3.8) is 0 Å². The van der Waals surface area contributed by atoms with E-state index in [-0.39, 0.29) is 22.6 Å². The van der Waals surface area contributed by atoms with E-state index in [2.05, 4.69) is 31.5 Å². The van der Waals surface area contributed by atoms with Crippen LogP contribution in [0, 0.1) is 11.8 Å². The van der Waals surface area contributed by atoms with E-state index in [1.165, 1.54) is 12.1 Å². The Bertz CT molecular complexity index is 2760. The van der Waals surface area contributed by atoms with Crippen molar-refractivity contribution >= 4 is 73.7 Å². The number of ether oxygens (including phenoxy) is 4. The average molecular weight is 925 g/mol. The van der Waals surface area contributed by atoms with Crippen molar-refractivity contribution in [2.24, 2.45) is 4.36 Å². The maximum atomic E-state index is 14.1. The van der Waals surface area contributed by atoms with Gasteiger partial charge in [-0.25, -0.2) is 38.3 Å². The van der Waals surface area contributed by atoms with E-state index < -0.39 is 73.1 Å². The fourth-order valence-electron chi connectivity index (χ4n) is 6.49. The summed E-state index contributed by atoms with van der Waals surface area (Å²) < 4.78 is 40.4. The fraction of sp³-hybridized carbons (Fsp3) is 0.449. The lowest BCUT2D eigenvalue weighted by Crippen LogP contribution is -2.44. The van der Waals surface area contributed by atoms with Crippen LogP contribution in [0.3, 0.4) is 0 Å². The minimum atomic E-state index is -3.18. The number of aromatic nitrogens is 2. The monoisotopic (exact) mass is 924 g/mol. The number of carbonyl (C=O) groups is 5. The summed E-state index contributed by atoms with van der Waals surface area (Å²) in [5.41, 5.74) is -3.83. The first-order valence-electron chi connectivity index (χ1n) is 21.3. The number of fused-ring (bicyclic) bond motifs is 2. The number of carbonyl (C=O) groups excluding carboxylic acids is 5. The van der Waals surface area contributed by atoms with Gasteiger partial charge in [0.05, 0.1) is 32.1 Å². The smallest absolute Gasteiger partial charge is 0.442 e. The highest BCUT2D eigenvalue weighted by Crippen LogP contribution is 2.46. The summed E-state index contributed by atoms with van der Waals surface area (Å²) in [6.45, 7) is 26.8. The highest BCUT2D eigenvalue weighted by molar-refractivity contribution is 7.94. The lowest BCUT2D eigenvalue weighted by Gasteiger charge is -2.30. The molecular weight excluding hydrogens is 865 g/mol. The molecule has 2 aromatic heterocycles. The van der Waals surface area contributed by atoms with Crippen LogP contribution >= 0.6 is 0 Å². The van der Waals surface area contributed by atoms with Crippen LogP contribution in [0.2, 0.25) is 0 Å². The molecule has 5 rings (SSSR count). The molecular formula is C49H60N6O10S. The van der Waals surface area contributed by atoms with Crippen molar-refractivity contribution in [1.29, 1.82) is 0 Å². The van der Waals surface area contributed by atoms with Crippen LogP contribution in [-0.4, -0.2) is 72.1 Å². The van der Waals surface area contributed by atoms with Gasteiger partial charge in [-0.3, -0.25) is 4.79 Å². The molecule has 0 radical (unpaired) electrons. The van der Waals surface area contributed by atoms with Crippen LogP contribution in [0.5, 0.6) is 0 Å². The SMILES string of the molecule is CC(C)S(=O)(=NC(=O)OC(C)(C)C)c1ccc(Nc2cc3c(C#Cc4cc5c(cc4N(C(=O)OC(C)(C)C)C(=O)OC(C)(C)C)C(C)(C)C(=O)N5C(=O)OC(C)(C)C)nccc3cn2)cc1. The molecule has 1 N–H and O–H groups in total. The van der Waals surface area contributed by atoms with Gasteiger partial charge in [0.25, 0.3) is 0 Å². The summed E-state index contributed by atoms with van der Waals surface area (Å²) in [5.74, 6) is 5.97. The number of amides is 5. The lowest BCUT2D eigenvalue weighted by molar-refractivity contribution is -0.121. The quantitative estimate of drug-likeness (QED) is 0.147. The molecule has 1 atom stereocenters. The Morgan fingerprint density at radius 3 is 1.86 bits per heavy atom. The molecule has 0 aliphatic carbocycles. The van der Waals surface area contributed by atoms with Crippen molar-refractivity contribution < 1.29 is 47.1 Å². The Hall–Kier alpha value is -6.54. The van der Waals surface area contributed by atoms with Gasteiger partial charge < -0.3 is 24.3 Å². The number of benzene rings is 2. The van der Waals surface area contributed by atoms with E-state index in [0.717, 1.165) is 9.80 Å². The normalized spacial score (nSPS) is 14.6. The van der Waals surface area contributed by atoms with Crippen LogP contribution in [0.15, 0.2) is 70.2 Å². The van der Waals surface area contributed by atoms with Crippen LogP contribution in [0.4, 0.5) is 42.1 Å². The molecule has 66 heavy (non-hydrogen) atoms. The van der Waals surface area contributed by atoms with Gasteiger partial charge in [-0.1, -0.05) is 5.92 Å². The number of pyridine rings is 2. The Balaban J connectivity index is 1.65. The first kappa shape index (κ1) is 50.5. The van der Waals surface area contributed by atoms with Gasteiger partial charge in [0.15, 0.2) is 0 Å². The number of imide groups is 2. The minimum absolute atomic E-state index is 0.0483. The van der Waals surface area contributed by atoms with E-state index in [1.807, 2.05) is 0 Å². The maximum Gasteiger partial charge on any atom is 0.442 e. The maximum absolute atomic E-state index is 14.1. The molecule has 0 spiro atoms. The minimum Gasteiger partial charge on any atom is -0.443 e. The van der Waals surface area contributed by atoms with E-state index >= 15 is 0 Å². The molecule has 17 heteroatoms. The van der Waals surface area contributed by atoms with E-state index in [9.17, 15) is 28.2 Å². The Labute approximate surface area is 387 Å². The highest BCUT2D eigenvalue weighted by atomic mass is 32.2. The van der Waals surface area contributed by atoms with Crippen LogP contribution < -0.4 is 15.1 Å². The van der Waals surface area contributed by atoms with Gasteiger partial charge in [-0.2, -0.15) is 4.90 Å². The average Bonchev–Trinajstić information content (AvgIpc) is 3.34.